The highest BCUT2D eigenvalue weighted by atomic mass is 35.5. The van der Waals surface area contributed by atoms with Crippen LogP contribution in [-0.2, 0) is 9.59 Å². The Morgan fingerprint density at radius 1 is 1.00 bits per heavy atom. The Hall–Kier alpha value is -2.66. The molecule has 0 saturated carbocycles. The predicted octanol–water partition coefficient (Wildman–Crippen LogP) is 3.21. The smallest absolute Gasteiger partial charge is 0.343 e. The van der Waals surface area contributed by atoms with E-state index in [9.17, 15) is 14.4 Å². The Balaban J connectivity index is 1.81. The molecule has 0 aliphatic carbocycles. The van der Waals surface area contributed by atoms with Crippen LogP contribution in [0.15, 0.2) is 48.5 Å². The van der Waals surface area contributed by atoms with Crippen molar-refractivity contribution < 1.29 is 19.1 Å². The van der Waals surface area contributed by atoms with Crippen molar-refractivity contribution in [2.45, 2.75) is 12.8 Å². The van der Waals surface area contributed by atoms with Crippen LogP contribution < -0.4 is 9.64 Å². The molecule has 1 aliphatic rings. The molecule has 1 fully saturated rings. The van der Waals surface area contributed by atoms with Gasteiger partial charge in [-0.15, -0.1) is 0 Å². The first kappa shape index (κ1) is 15.2. The normalized spacial score (nSPS) is 14.2. The highest BCUT2D eigenvalue weighted by molar-refractivity contribution is 6.30. The van der Waals surface area contributed by atoms with Crippen molar-refractivity contribution in [2.24, 2.45) is 0 Å². The number of amides is 2. The average Bonchev–Trinajstić information content (AvgIpc) is 2.88. The second-order valence-corrected chi connectivity index (χ2v) is 5.45. The van der Waals surface area contributed by atoms with Crippen LogP contribution in [0.1, 0.15) is 23.2 Å². The Morgan fingerprint density at radius 2 is 1.65 bits per heavy atom. The monoisotopic (exact) mass is 329 g/mol. The molecule has 2 amide bonds. The van der Waals surface area contributed by atoms with Gasteiger partial charge in [-0.25, -0.2) is 4.79 Å². The summed E-state index contributed by atoms with van der Waals surface area (Å²) in [5, 5.41) is 0.540. The molecule has 0 spiro atoms. The lowest BCUT2D eigenvalue weighted by atomic mass is 10.2. The second-order valence-electron chi connectivity index (χ2n) is 5.02. The number of hydrogen-bond acceptors (Lipinski definition) is 4. The Bertz CT molecular complexity index is 769. The molecule has 2 aromatic carbocycles. The van der Waals surface area contributed by atoms with Crippen LogP contribution in [0.2, 0.25) is 5.02 Å². The minimum atomic E-state index is -0.576. The zero-order valence-corrected chi connectivity index (χ0v) is 12.7. The SMILES string of the molecule is O=C(Oc1ccc(Cl)cc1)c1cccc(N2C(=O)CCC2=O)c1. The van der Waals surface area contributed by atoms with Crippen molar-refractivity contribution in [1.82, 2.24) is 0 Å². The molecular weight excluding hydrogens is 318 g/mol. The fourth-order valence-electron chi connectivity index (χ4n) is 2.31. The molecule has 6 heteroatoms. The Labute approximate surface area is 137 Å². The van der Waals surface area contributed by atoms with Gasteiger partial charge in [0.15, 0.2) is 0 Å². The number of anilines is 1. The molecule has 0 bridgehead atoms. The van der Waals surface area contributed by atoms with E-state index in [0.29, 0.717) is 16.5 Å². The fraction of sp³-hybridized carbons (Fsp3) is 0.118. The lowest BCUT2D eigenvalue weighted by Gasteiger charge is -2.14. The summed E-state index contributed by atoms with van der Waals surface area (Å²) >= 11 is 5.78. The van der Waals surface area contributed by atoms with E-state index in [2.05, 4.69) is 0 Å². The summed E-state index contributed by atoms with van der Waals surface area (Å²) in [6.07, 6.45) is 0.385. The van der Waals surface area contributed by atoms with Crippen molar-refractivity contribution >= 4 is 35.1 Å². The minimum absolute atomic E-state index is 0.193. The van der Waals surface area contributed by atoms with E-state index in [1.165, 1.54) is 6.07 Å². The highest BCUT2D eigenvalue weighted by Crippen LogP contribution is 2.24. The van der Waals surface area contributed by atoms with Gasteiger partial charge in [-0.05, 0) is 42.5 Å². The maximum atomic E-state index is 12.2. The van der Waals surface area contributed by atoms with Gasteiger partial charge < -0.3 is 4.74 Å². The maximum absolute atomic E-state index is 12.2. The van der Waals surface area contributed by atoms with Crippen LogP contribution in [0.25, 0.3) is 0 Å². The quantitative estimate of drug-likeness (QED) is 0.493. The van der Waals surface area contributed by atoms with Crippen molar-refractivity contribution in [1.29, 1.82) is 0 Å². The topological polar surface area (TPSA) is 63.7 Å². The van der Waals surface area contributed by atoms with Crippen LogP contribution in [0, 0.1) is 0 Å². The summed E-state index contributed by atoms with van der Waals surface area (Å²) in [6, 6.07) is 12.6. The molecule has 23 heavy (non-hydrogen) atoms. The molecule has 2 aromatic rings. The number of hydrogen-bond donors (Lipinski definition) is 0. The summed E-state index contributed by atoms with van der Waals surface area (Å²) in [7, 11) is 0. The van der Waals surface area contributed by atoms with Crippen molar-refractivity contribution in [3.05, 3.63) is 59.1 Å². The van der Waals surface area contributed by atoms with E-state index in [1.54, 1.807) is 42.5 Å². The largest absolute Gasteiger partial charge is 0.423 e. The van der Waals surface area contributed by atoms with Crippen LogP contribution in [-0.4, -0.2) is 17.8 Å². The third-order valence-electron chi connectivity index (χ3n) is 3.42. The number of ether oxygens (including phenoxy) is 1. The first-order valence-corrected chi connectivity index (χ1v) is 7.36. The predicted molar refractivity (Wildman–Crippen MR) is 84.6 cm³/mol. The van der Waals surface area contributed by atoms with Crippen molar-refractivity contribution in [2.75, 3.05) is 4.90 Å². The Morgan fingerprint density at radius 3 is 2.30 bits per heavy atom. The molecule has 0 aromatic heterocycles. The number of carbonyl (C=O) groups excluding carboxylic acids is 3. The molecule has 116 valence electrons. The zero-order valence-electron chi connectivity index (χ0n) is 12.0. The highest BCUT2D eigenvalue weighted by Gasteiger charge is 2.30. The van der Waals surface area contributed by atoms with Crippen molar-refractivity contribution in [3.63, 3.8) is 0 Å². The van der Waals surface area contributed by atoms with Gasteiger partial charge in [-0.3, -0.25) is 14.5 Å². The molecule has 0 N–H and O–H groups in total. The van der Waals surface area contributed by atoms with Gasteiger partial charge in [0.2, 0.25) is 11.8 Å². The summed E-state index contributed by atoms with van der Waals surface area (Å²) < 4.78 is 5.24. The molecule has 0 atom stereocenters. The lowest BCUT2D eigenvalue weighted by Crippen LogP contribution is -2.28. The minimum Gasteiger partial charge on any atom is -0.423 e. The number of carbonyl (C=O) groups is 3. The van der Waals surface area contributed by atoms with E-state index in [4.69, 9.17) is 16.3 Å². The third kappa shape index (κ3) is 3.24. The number of rotatable bonds is 3. The molecule has 0 unspecified atom stereocenters. The second kappa shape index (κ2) is 6.22. The van der Waals surface area contributed by atoms with E-state index >= 15 is 0 Å². The van der Waals surface area contributed by atoms with Crippen LogP contribution in [0.5, 0.6) is 5.75 Å². The van der Waals surface area contributed by atoms with Gasteiger partial charge in [0, 0.05) is 17.9 Å². The molecule has 1 heterocycles. The fourth-order valence-corrected chi connectivity index (χ4v) is 2.43. The van der Waals surface area contributed by atoms with Gasteiger partial charge in [-0.1, -0.05) is 17.7 Å². The van der Waals surface area contributed by atoms with Crippen LogP contribution >= 0.6 is 11.6 Å². The average molecular weight is 330 g/mol. The first-order chi connectivity index (χ1) is 11.0. The lowest BCUT2D eigenvalue weighted by molar-refractivity contribution is -0.121. The van der Waals surface area contributed by atoms with Gasteiger partial charge >= 0.3 is 5.97 Å². The Kier molecular flexibility index (Phi) is 4.12. The van der Waals surface area contributed by atoms with Crippen molar-refractivity contribution in [3.8, 4) is 5.75 Å². The van der Waals surface area contributed by atoms with Gasteiger partial charge in [-0.2, -0.15) is 0 Å². The number of halogens is 1. The number of nitrogens with zero attached hydrogens (tertiary/aromatic N) is 1. The third-order valence-corrected chi connectivity index (χ3v) is 3.67. The molecule has 5 nitrogen and oxygen atoms in total. The van der Waals surface area contributed by atoms with E-state index in [-0.39, 0.29) is 30.2 Å². The molecule has 3 rings (SSSR count). The van der Waals surface area contributed by atoms with Gasteiger partial charge in [0.1, 0.15) is 5.75 Å². The summed E-state index contributed by atoms with van der Waals surface area (Å²) in [5.41, 5.74) is 0.632. The van der Waals surface area contributed by atoms with Gasteiger partial charge in [0.05, 0.1) is 11.3 Å². The molecule has 1 saturated heterocycles. The van der Waals surface area contributed by atoms with E-state index in [1.807, 2.05) is 0 Å². The van der Waals surface area contributed by atoms with E-state index < -0.39 is 5.97 Å². The number of benzene rings is 2. The molecule has 0 radical (unpaired) electrons. The molecular formula is C17H12ClNO4. The standard InChI is InChI=1S/C17H12ClNO4/c18-12-4-6-14(7-5-12)23-17(22)11-2-1-3-13(10-11)19-15(20)8-9-16(19)21/h1-7,10H,8-9H2. The van der Waals surface area contributed by atoms with Gasteiger partial charge in [0.25, 0.3) is 0 Å². The summed E-state index contributed by atoms with van der Waals surface area (Å²) in [5.74, 6) is -0.747. The van der Waals surface area contributed by atoms with E-state index in [0.717, 1.165) is 4.90 Å². The number of esters is 1. The van der Waals surface area contributed by atoms with Crippen LogP contribution in [0.4, 0.5) is 5.69 Å². The first-order valence-electron chi connectivity index (χ1n) is 6.98. The molecule has 1 aliphatic heterocycles. The zero-order chi connectivity index (χ0) is 16.4. The maximum Gasteiger partial charge on any atom is 0.343 e. The summed E-state index contributed by atoms with van der Waals surface area (Å²) in [6.45, 7) is 0. The number of imide groups is 1. The summed E-state index contributed by atoms with van der Waals surface area (Å²) in [4.78, 5) is 36.8. The van der Waals surface area contributed by atoms with Crippen LogP contribution in [0.3, 0.4) is 0 Å².